The van der Waals surface area contributed by atoms with Gasteiger partial charge in [-0.3, -0.25) is 0 Å². The largest absolute Gasteiger partial charge is 0.381 e. The minimum Gasteiger partial charge on any atom is -0.381 e. The summed E-state index contributed by atoms with van der Waals surface area (Å²) in [5, 5.41) is 3.45. The number of hydrogen-bond donors (Lipinski definition) is 1. The third kappa shape index (κ3) is 8.30. The number of nitrogens with one attached hydrogen (secondary N) is 1. The molecule has 0 fully saturated rings. The highest BCUT2D eigenvalue weighted by Gasteiger charge is 1.98. The van der Waals surface area contributed by atoms with Crippen molar-refractivity contribution in [1.29, 1.82) is 0 Å². The van der Waals surface area contributed by atoms with Gasteiger partial charge in [0.15, 0.2) is 0 Å². The summed E-state index contributed by atoms with van der Waals surface area (Å²) in [5.74, 6) is 1.03. The molecule has 0 aromatic heterocycles. The first-order valence-corrected chi connectivity index (χ1v) is 8.23. The molecule has 0 bridgehead atoms. The topological polar surface area (TPSA) is 21.3 Å². The van der Waals surface area contributed by atoms with Gasteiger partial charge in [0.25, 0.3) is 0 Å². The average Bonchev–Trinajstić information content (AvgIpc) is 2.41. The second kappa shape index (κ2) is 10.3. The minimum absolute atomic E-state index is 0.531. The second-order valence-corrected chi connectivity index (χ2v) is 6.17. The van der Waals surface area contributed by atoms with Crippen LogP contribution in [0.5, 0.6) is 0 Å². The van der Waals surface area contributed by atoms with Crippen LogP contribution in [0.15, 0.2) is 29.2 Å². The van der Waals surface area contributed by atoms with Crippen LogP contribution in [0.1, 0.15) is 39.2 Å². The summed E-state index contributed by atoms with van der Waals surface area (Å²) in [7, 11) is 0. The zero-order valence-electron chi connectivity index (χ0n) is 12.4. The van der Waals surface area contributed by atoms with Crippen molar-refractivity contribution < 1.29 is 4.74 Å². The fourth-order valence-electron chi connectivity index (χ4n) is 1.63. The number of thioether (sulfide) groups is 1. The summed E-state index contributed by atoms with van der Waals surface area (Å²) in [6, 6.07) is 9.29. The molecular formula is C16H27NOS. The molecule has 0 spiro atoms. The molecule has 0 saturated heterocycles. The Hall–Kier alpha value is -0.510. The first-order valence-electron chi connectivity index (χ1n) is 7.25. The van der Waals surface area contributed by atoms with E-state index >= 15 is 0 Å². The summed E-state index contributed by atoms with van der Waals surface area (Å²) in [4.78, 5) is 1.34. The fourth-order valence-corrected chi connectivity index (χ4v) is 2.48. The van der Waals surface area contributed by atoms with Gasteiger partial charge in [-0.2, -0.15) is 0 Å². The van der Waals surface area contributed by atoms with Gasteiger partial charge in [0.1, 0.15) is 0 Å². The summed E-state index contributed by atoms with van der Waals surface area (Å²) < 4.78 is 5.57. The van der Waals surface area contributed by atoms with Crippen LogP contribution in [-0.4, -0.2) is 25.0 Å². The SMILES string of the molecule is CCCCOCCSc1cccc(CNC(C)C)c1. The molecule has 0 aliphatic rings. The molecular weight excluding hydrogens is 254 g/mol. The van der Waals surface area contributed by atoms with Crippen molar-refractivity contribution in [2.45, 2.75) is 51.1 Å². The summed E-state index contributed by atoms with van der Waals surface area (Å²) in [5.41, 5.74) is 1.35. The van der Waals surface area contributed by atoms with Gasteiger partial charge in [-0.1, -0.05) is 39.3 Å². The number of ether oxygens (including phenoxy) is 1. The Labute approximate surface area is 122 Å². The van der Waals surface area contributed by atoms with Gasteiger partial charge in [0.2, 0.25) is 0 Å². The van der Waals surface area contributed by atoms with Gasteiger partial charge < -0.3 is 10.1 Å². The number of unbranched alkanes of at least 4 members (excludes halogenated alkanes) is 1. The van der Waals surface area contributed by atoms with Crippen molar-refractivity contribution >= 4 is 11.8 Å². The normalized spacial score (nSPS) is 11.2. The minimum atomic E-state index is 0.531. The predicted octanol–water partition coefficient (Wildman–Crippen LogP) is 4.09. The van der Waals surface area contributed by atoms with Gasteiger partial charge in [0, 0.05) is 29.8 Å². The molecule has 3 heteroatoms. The lowest BCUT2D eigenvalue weighted by Gasteiger charge is -2.09. The summed E-state index contributed by atoms with van der Waals surface area (Å²) in [6.45, 7) is 9.22. The van der Waals surface area contributed by atoms with E-state index in [0.717, 1.165) is 25.5 Å². The Morgan fingerprint density at radius 1 is 1.26 bits per heavy atom. The molecule has 0 aliphatic heterocycles. The summed E-state index contributed by atoms with van der Waals surface area (Å²) >= 11 is 1.87. The lowest BCUT2D eigenvalue weighted by Crippen LogP contribution is -2.21. The van der Waals surface area contributed by atoms with E-state index < -0.39 is 0 Å². The molecule has 1 N–H and O–H groups in total. The van der Waals surface area contributed by atoms with Crippen molar-refractivity contribution in [2.24, 2.45) is 0 Å². The quantitative estimate of drug-likeness (QED) is 0.515. The van der Waals surface area contributed by atoms with Crippen LogP contribution in [0.4, 0.5) is 0 Å². The molecule has 0 atom stereocenters. The molecule has 1 rings (SSSR count). The smallest absolute Gasteiger partial charge is 0.0560 e. The maximum Gasteiger partial charge on any atom is 0.0560 e. The van der Waals surface area contributed by atoms with Crippen molar-refractivity contribution in [3.63, 3.8) is 0 Å². The Balaban J connectivity index is 2.24. The van der Waals surface area contributed by atoms with Gasteiger partial charge in [-0.15, -0.1) is 11.8 Å². The van der Waals surface area contributed by atoms with Crippen LogP contribution >= 0.6 is 11.8 Å². The van der Waals surface area contributed by atoms with Crippen molar-refractivity contribution in [3.05, 3.63) is 29.8 Å². The third-order valence-corrected chi connectivity index (χ3v) is 3.71. The second-order valence-electron chi connectivity index (χ2n) is 5.00. The van der Waals surface area contributed by atoms with Gasteiger partial charge in [-0.05, 0) is 24.1 Å². The molecule has 0 saturated carbocycles. The third-order valence-electron chi connectivity index (χ3n) is 2.75. The average molecular weight is 281 g/mol. The van der Waals surface area contributed by atoms with E-state index in [1.807, 2.05) is 11.8 Å². The molecule has 1 aromatic rings. The van der Waals surface area contributed by atoms with E-state index in [0.29, 0.717) is 6.04 Å². The fraction of sp³-hybridized carbons (Fsp3) is 0.625. The lowest BCUT2D eigenvalue weighted by atomic mass is 10.2. The molecule has 0 radical (unpaired) electrons. The highest BCUT2D eigenvalue weighted by atomic mass is 32.2. The molecule has 0 unspecified atom stereocenters. The molecule has 0 amide bonds. The van der Waals surface area contributed by atoms with Crippen LogP contribution in [0.3, 0.4) is 0 Å². The molecule has 19 heavy (non-hydrogen) atoms. The van der Waals surface area contributed by atoms with Crippen molar-refractivity contribution in [3.8, 4) is 0 Å². The maximum atomic E-state index is 5.57. The molecule has 108 valence electrons. The molecule has 2 nitrogen and oxygen atoms in total. The van der Waals surface area contributed by atoms with E-state index in [1.54, 1.807) is 0 Å². The number of rotatable bonds is 10. The van der Waals surface area contributed by atoms with E-state index in [4.69, 9.17) is 4.74 Å². The molecule has 1 aromatic carbocycles. The number of hydrogen-bond acceptors (Lipinski definition) is 3. The van der Waals surface area contributed by atoms with Crippen LogP contribution in [0.25, 0.3) is 0 Å². The first-order chi connectivity index (χ1) is 9.22. The van der Waals surface area contributed by atoms with Gasteiger partial charge in [0.05, 0.1) is 6.61 Å². The van der Waals surface area contributed by atoms with Gasteiger partial charge >= 0.3 is 0 Å². The zero-order chi connectivity index (χ0) is 13.9. The monoisotopic (exact) mass is 281 g/mol. The Bertz CT molecular complexity index is 341. The zero-order valence-corrected chi connectivity index (χ0v) is 13.3. The van der Waals surface area contributed by atoms with Crippen molar-refractivity contribution in [1.82, 2.24) is 5.32 Å². The Morgan fingerprint density at radius 2 is 2.11 bits per heavy atom. The van der Waals surface area contributed by atoms with Gasteiger partial charge in [-0.25, -0.2) is 0 Å². The number of benzene rings is 1. The standard InChI is InChI=1S/C16H27NOS/c1-4-5-9-18-10-11-19-16-8-6-7-15(12-16)13-17-14(2)3/h6-8,12,14,17H,4-5,9-11,13H2,1-3H3. The Kier molecular flexibility index (Phi) is 8.97. The highest BCUT2D eigenvalue weighted by molar-refractivity contribution is 7.99. The van der Waals surface area contributed by atoms with E-state index in [9.17, 15) is 0 Å². The Morgan fingerprint density at radius 3 is 2.84 bits per heavy atom. The molecule has 0 heterocycles. The summed E-state index contributed by atoms with van der Waals surface area (Å²) in [6.07, 6.45) is 2.37. The predicted molar refractivity (Wildman–Crippen MR) is 84.9 cm³/mol. The van der Waals surface area contributed by atoms with Crippen LogP contribution in [-0.2, 0) is 11.3 Å². The van der Waals surface area contributed by atoms with E-state index in [-0.39, 0.29) is 0 Å². The molecule has 0 aliphatic carbocycles. The first kappa shape index (κ1) is 16.5. The van der Waals surface area contributed by atoms with Crippen LogP contribution < -0.4 is 5.32 Å². The lowest BCUT2D eigenvalue weighted by molar-refractivity contribution is 0.147. The highest BCUT2D eigenvalue weighted by Crippen LogP contribution is 2.19. The van der Waals surface area contributed by atoms with E-state index in [2.05, 4.69) is 50.4 Å². The van der Waals surface area contributed by atoms with Crippen molar-refractivity contribution in [2.75, 3.05) is 19.0 Å². The maximum absolute atomic E-state index is 5.57. The van der Waals surface area contributed by atoms with Crippen LogP contribution in [0.2, 0.25) is 0 Å². The van der Waals surface area contributed by atoms with E-state index in [1.165, 1.54) is 23.3 Å². The van der Waals surface area contributed by atoms with Crippen LogP contribution in [0, 0.1) is 0 Å².